The van der Waals surface area contributed by atoms with Gasteiger partial charge in [0, 0.05) is 18.3 Å². The maximum absolute atomic E-state index is 13.0. The van der Waals surface area contributed by atoms with Crippen molar-refractivity contribution in [3.8, 4) is 0 Å². The molecule has 2 aromatic carbocycles. The number of para-hydroxylation sites is 1. The molecule has 1 amide bonds. The van der Waals surface area contributed by atoms with E-state index in [1.165, 1.54) is 16.7 Å². The van der Waals surface area contributed by atoms with E-state index in [0.717, 1.165) is 25.1 Å². The van der Waals surface area contributed by atoms with Crippen LogP contribution in [0.4, 0.5) is 5.69 Å². The Labute approximate surface area is 144 Å². The number of hydrogen-bond donors (Lipinski definition) is 1. The van der Waals surface area contributed by atoms with Crippen molar-refractivity contribution in [2.24, 2.45) is 0 Å². The van der Waals surface area contributed by atoms with E-state index in [0.29, 0.717) is 0 Å². The van der Waals surface area contributed by atoms with Gasteiger partial charge in [0.05, 0.1) is 6.04 Å². The van der Waals surface area contributed by atoms with Crippen LogP contribution in [0.2, 0.25) is 0 Å². The second-order valence-electron chi connectivity index (χ2n) is 6.69. The molecule has 1 aliphatic rings. The third-order valence-corrected chi connectivity index (χ3v) is 4.90. The summed E-state index contributed by atoms with van der Waals surface area (Å²) in [7, 11) is 0. The van der Waals surface area contributed by atoms with E-state index in [4.69, 9.17) is 0 Å². The van der Waals surface area contributed by atoms with E-state index >= 15 is 0 Å². The molecular weight excluding hydrogens is 296 g/mol. The van der Waals surface area contributed by atoms with Crippen LogP contribution >= 0.6 is 0 Å². The topological polar surface area (TPSA) is 32.3 Å². The molecule has 2 unspecified atom stereocenters. The van der Waals surface area contributed by atoms with Crippen LogP contribution in [0.15, 0.2) is 48.5 Å². The minimum absolute atomic E-state index is 0.144. The lowest BCUT2D eigenvalue weighted by molar-refractivity contribution is -0.120. The highest BCUT2D eigenvalue weighted by molar-refractivity contribution is 5.98. The average molecular weight is 322 g/mol. The van der Waals surface area contributed by atoms with Gasteiger partial charge in [-0.3, -0.25) is 10.1 Å². The van der Waals surface area contributed by atoms with Crippen LogP contribution in [0, 0.1) is 6.92 Å². The summed E-state index contributed by atoms with van der Waals surface area (Å²) in [6.45, 7) is 7.01. The standard InChI is InChI=1S/C21H26N2O/c1-15-9-4-6-12-19(15)16(2)22-17(3)21(24)23-14-8-11-18-10-5-7-13-20(18)23/h4-7,9-10,12-13,16-17,22H,8,11,14H2,1-3H3. The summed E-state index contributed by atoms with van der Waals surface area (Å²) in [5.74, 6) is 0.155. The Morgan fingerprint density at radius 2 is 1.79 bits per heavy atom. The van der Waals surface area contributed by atoms with Gasteiger partial charge in [-0.25, -0.2) is 0 Å². The van der Waals surface area contributed by atoms with Gasteiger partial charge >= 0.3 is 0 Å². The van der Waals surface area contributed by atoms with Crippen LogP contribution in [-0.2, 0) is 11.2 Å². The molecule has 126 valence electrons. The van der Waals surface area contributed by atoms with Gasteiger partial charge in [0.2, 0.25) is 5.91 Å². The zero-order valence-electron chi connectivity index (χ0n) is 14.8. The molecule has 1 N–H and O–H groups in total. The lowest BCUT2D eigenvalue weighted by Crippen LogP contribution is -2.47. The first-order chi connectivity index (χ1) is 11.6. The fraction of sp³-hybridized carbons (Fsp3) is 0.381. The van der Waals surface area contributed by atoms with Crippen LogP contribution in [0.25, 0.3) is 0 Å². The van der Waals surface area contributed by atoms with Crippen LogP contribution in [-0.4, -0.2) is 18.5 Å². The molecule has 1 heterocycles. The van der Waals surface area contributed by atoms with E-state index in [9.17, 15) is 4.79 Å². The van der Waals surface area contributed by atoms with Gasteiger partial charge in [0.25, 0.3) is 0 Å². The number of carbonyl (C=O) groups is 1. The average Bonchev–Trinajstić information content (AvgIpc) is 2.60. The number of carbonyl (C=O) groups excluding carboxylic acids is 1. The number of benzene rings is 2. The van der Waals surface area contributed by atoms with Gasteiger partial charge in [0.1, 0.15) is 0 Å². The highest BCUT2D eigenvalue weighted by Crippen LogP contribution is 2.27. The van der Waals surface area contributed by atoms with E-state index in [2.05, 4.69) is 49.5 Å². The molecule has 3 rings (SSSR count). The third kappa shape index (κ3) is 3.36. The number of fused-ring (bicyclic) bond motifs is 1. The Kier molecular flexibility index (Phi) is 5.00. The lowest BCUT2D eigenvalue weighted by Gasteiger charge is -2.32. The summed E-state index contributed by atoms with van der Waals surface area (Å²) in [5, 5.41) is 3.47. The van der Waals surface area contributed by atoms with Crippen molar-refractivity contribution in [3.05, 3.63) is 65.2 Å². The van der Waals surface area contributed by atoms with Crippen LogP contribution in [0.3, 0.4) is 0 Å². The molecule has 0 aromatic heterocycles. The summed E-state index contributed by atoms with van der Waals surface area (Å²) >= 11 is 0. The quantitative estimate of drug-likeness (QED) is 0.922. The third-order valence-electron chi connectivity index (χ3n) is 4.90. The molecule has 3 heteroatoms. The summed E-state index contributed by atoms with van der Waals surface area (Å²) in [5.41, 5.74) is 4.85. The normalized spacial score (nSPS) is 16.4. The Bertz CT molecular complexity index is 725. The molecule has 2 aromatic rings. The molecule has 3 nitrogen and oxygen atoms in total. The number of nitrogens with zero attached hydrogens (tertiary/aromatic N) is 1. The van der Waals surface area contributed by atoms with Crippen LogP contribution in [0.5, 0.6) is 0 Å². The van der Waals surface area contributed by atoms with Gasteiger partial charge in [-0.1, -0.05) is 42.5 Å². The molecule has 0 spiro atoms. The highest BCUT2D eigenvalue weighted by Gasteiger charge is 2.27. The lowest BCUT2D eigenvalue weighted by atomic mass is 10.00. The maximum atomic E-state index is 13.0. The minimum Gasteiger partial charge on any atom is -0.311 e. The second-order valence-corrected chi connectivity index (χ2v) is 6.69. The fourth-order valence-electron chi connectivity index (χ4n) is 3.60. The molecule has 1 aliphatic heterocycles. The second kappa shape index (κ2) is 7.18. The van der Waals surface area contributed by atoms with E-state index in [-0.39, 0.29) is 18.0 Å². The predicted molar refractivity (Wildman–Crippen MR) is 99.3 cm³/mol. The molecule has 0 fully saturated rings. The van der Waals surface area contributed by atoms with Crippen molar-refractivity contribution >= 4 is 11.6 Å². The first kappa shape index (κ1) is 16.7. The number of amides is 1. The molecular formula is C21H26N2O. The van der Waals surface area contributed by atoms with Crippen molar-refractivity contribution in [1.29, 1.82) is 0 Å². The predicted octanol–water partition coefficient (Wildman–Crippen LogP) is 4.01. The first-order valence-corrected chi connectivity index (χ1v) is 8.79. The fourth-order valence-corrected chi connectivity index (χ4v) is 3.60. The smallest absolute Gasteiger partial charge is 0.243 e. The summed E-state index contributed by atoms with van der Waals surface area (Å²) < 4.78 is 0. The van der Waals surface area contributed by atoms with Crippen LogP contribution < -0.4 is 10.2 Å². The van der Waals surface area contributed by atoms with E-state index in [1.807, 2.05) is 30.0 Å². The minimum atomic E-state index is -0.217. The Balaban J connectivity index is 1.73. The molecule has 0 aliphatic carbocycles. The Morgan fingerprint density at radius 1 is 1.08 bits per heavy atom. The van der Waals surface area contributed by atoms with Gasteiger partial charge in [-0.15, -0.1) is 0 Å². The van der Waals surface area contributed by atoms with E-state index < -0.39 is 0 Å². The van der Waals surface area contributed by atoms with Crippen molar-refractivity contribution in [1.82, 2.24) is 5.32 Å². The summed E-state index contributed by atoms with van der Waals surface area (Å²) in [4.78, 5) is 14.9. The zero-order chi connectivity index (χ0) is 17.1. The Hall–Kier alpha value is -2.13. The Morgan fingerprint density at radius 3 is 2.58 bits per heavy atom. The van der Waals surface area contributed by atoms with Crippen LogP contribution in [0.1, 0.15) is 43.0 Å². The summed E-state index contributed by atoms with van der Waals surface area (Å²) in [6, 6.07) is 16.5. The summed E-state index contributed by atoms with van der Waals surface area (Å²) in [6.07, 6.45) is 2.09. The molecule has 0 saturated carbocycles. The number of hydrogen-bond acceptors (Lipinski definition) is 2. The van der Waals surface area contributed by atoms with Gasteiger partial charge in [-0.05, 0) is 56.4 Å². The molecule has 0 saturated heterocycles. The first-order valence-electron chi connectivity index (χ1n) is 8.79. The zero-order valence-corrected chi connectivity index (χ0v) is 14.8. The molecule has 2 atom stereocenters. The van der Waals surface area contributed by atoms with Gasteiger partial charge in [0.15, 0.2) is 0 Å². The van der Waals surface area contributed by atoms with Crippen molar-refractivity contribution in [2.75, 3.05) is 11.4 Å². The molecule has 24 heavy (non-hydrogen) atoms. The van der Waals surface area contributed by atoms with E-state index in [1.54, 1.807) is 0 Å². The largest absolute Gasteiger partial charge is 0.311 e. The SMILES string of the molecule is Cc1ccccc1C(C)NC(C)C(=O)N1CCCc2ccccc21. The number of nitrogens with one attached hydrogen (secondary N) is 1. The number of aryl methyl sites for hydroxylation is 2. The van der Waals surface area contributed by atoms with Crippen molar-refractivity contribution < 1.29 is 4.79 Å². The number of anilines is 1. The maximum Gasteiger partial charge on any atom is 0.243 e. The van der Waals surface area contributed by atoms with Gasteiger partial charge < -0.3 is 4.90 Å². The number of rotatable bonds is 4. The monoisotopic (exact) mass is 322 g/mol. The molecule has 0 radical (unpaired) electrons. The van der Waals surface area contributed by atoms with Gasteiger partial charge in [-0.2, -0.15) is 0 Å². The highest BCUT2D eigenvalue weighted by atomic mass is 16.2. The molecule has 0 bridgehead atoms. The van der Waals surface area contributed by atoms with Crippen molar-refractivity contribution in [2.45, 2.75) is 45.7 Å². The van der Waals surface area contributed by atoms with Crippen molar-refractivity contribution in [3.63, 3.8) is 0 Å².